The van der Waals surface area contributed by atoms with Crippen LogP contribution in [0, 0.1) is 5.82 Å². The van der Waals surface area contributed by atoms with Crippen LogP contribution in [0.3, 0.4) is 0 Å². The number of fused-ring (bicyclic) bond motifs is 1. The normalized spacial score (nSPS) is 21.9. The van der Waals surface area contributed by atoms with Gasteiger partial charge in [0.2, 0.25) is 11.7 Å². The van der Waals surface area contributed by atoms with E-state index in [2.05, 4.69) is 14.5 Å². The fourth-order valence-corrected chi connectivity index (χ4v) is 4.07. The fourth-order valence-electron chi connectivity index (χ4n) is 3.62. The summed E-state index contributed by atoms with van der Waals surface area (Å²) in [5, 5.41) is 27.8. The predicted octanol–water partition coefficient (Wildman–Crippen LogP) is -0.804. The second-order valence-corrected chi connectivity index (χ2v) is 9.98. The average Bonchev–Trinajstić information content (AvgIpc) is 3.36. The predicted molar refractivity (Wildman–Crippen MR) is 127 cm³/mol. The van der Waals surface area contributed by atoms with E-state index in [-0.39, 0.29) is 41.0 Å². The van der Waals surface area contributed by atoms with Gasteiger partial charge in [0.05, 0.1) is 11.6 Å². The number of H-pyrrole nitrogens is 1. The van der Waals surface area contributed by atoms with Crippen molar-refractivity contribution in [1.29, 1.82) is 0 Å². The molecule has 1 aliphatic heterocycles. The lowest BCUT2D eigenvalue weighted by molar-refractivity contribution is -0.746. The molecule has 22 heteroatoms. The first-order chi connectivity index (χ1) is 19.4. The number of aliphatic carboxylic acids is 1. The lowest BCUT2D eigenvalue weighted by atomic mass is 10.1. The molecule has 4 rings (SSSR count). The summed E-state index contributed by atoms with van der Waals surface area (Å²) >= 11 is 5.65. The molecule has 0 radical (unpaired) electrons. The number of hydrogen-bond donors (Lipinski definition) is 6. The molecule has 0 bridgehead atoms. The van der Waals surface area contributed by atoms with Gasteiger partial charge in [-0.05, 0) is 12.1 Å². The van der Waals surface area contributed by atoms with Crippen molar-refractivity contribution in [2.75, 3.05) is 18.9 Å². The minimum atomic E-state index is -5.10. The Balaban J connectivity index is 0.000000616. The summed E-state index contributed by atoms with van der Waals surface area (Å²) in [6, 6.07) is 3.90. The van der Waals surface area contributed by atoms with Crippen LogP contribution in [0.25, 0.3) is 11.2 Å². The third-order valence-corrected chi connectivity index (χ3v) is 6.22. The number of aliphatic hydroxyl groups excluding tert-OH is 2. The van der Waals surface area contributed by atoms with Crippen LogP contribution >= 0.6 is 19.4 Å². The zero-order valence-corrected chi connectivity index (χ0v) is 22.3. The molecule has 1 saturated heterocycles. The van der Waals surface area contributed by atoms with Crippen LogP contribution in [0.15, 0.2) is 29.3 Å². The minimum Gasteiger partial charge on any atom is -0.756 e. The number of benzene rings is 1. The zero-order valence-electron chi connectivity index (χ0n) is 20.6. The van der Waals surface area contributed by atoms with Crippen molar-refractivity contribution in [3.8, 4) is 5.75 Å². The Hall–Kier alpha value is -3.36. The number of nitrogens with two attached hydrogens (primary N) is 1. The highest BCUT2D eigenvalue weighted by Crippen LogP contribution is 2.34. The molecule has 7 N–H and O–H groups in total. The van der Waals surface area contributed by atoms with Gasteiger partial charge in [0.15, 0.2) is 6.33 Å². The van der Waals surface area contributed by atoms with Crippen molar-refractivity contribution in [1.82, 2.24) is 14.5 Å². The molecule has 0 aliphatic carbocycles. The number of rotatable bonds is 8. The van der Waals surface area contributed by atoms with Crippen LogP contribution in [0.1, 0.15) is 6.23 Å². The highest BCUT2D eigenvalue weighted by Gasteiger charge is 2.47. The van der Waals surface area contributed by atoms with Crippen molar-refractivity contribution in [3.05, 3.63) is 45.7 Å². The maximum absolute atomic E-state index is 13.6. The van der Waals surface area contributed by atoms with Gasteiger partial charge < -0.3 is 44.8 Å². The highest BCUT2D eigenvalue weighted by molar-refractivity contribution is 7.44. The molecule has 232 valence electrons. The molecule has 1 aromatic carbocycles. The number of nitrogen functional groups attached to an aromatic ring is 1. The number of phosphoric acid groups is 1. The molecule has 16 nitrogen and oxygen atoms in total. The maximum Gasteiger partial charge on any atom is 0.490 e. The van der Waals surface area contributed by atoms with E-state index in [0.29, 0.717) is 0 Å². The third kappa shape index (κ3) is 8.13. The van der Waals surface area contributed by atoms with Crippen molar-refractivity contribution in [3.63, 3.8) is 0 Å². The lowest BCUT2D eigenvalue weighted by Gasteiger charge is -2.19. The highest BCUT2D eigenvalue weighted by atomic mass is 35.5. The first kappa shape index (κ1) is 33.1. The second kappa shape index (κ2) is 12.9. The Morgan fingerprint density at radius 2 is 1.98 bits per heavy atom. The SMILES string of the molecule is Nc1nc2c(c(=O)[nH]1)n(CCOc1ccc(Cl)c(F)c1)c[n+]2[C@@H]1O[C@H](COP(=O)([O-])O)[C@@H](O)[C@H]1O.O=C(O)C(F)(F)F. The summed E-state index contributed by atoms with van der Waals surface area (Å²) in [5.41, 5.74) is 5.05. The lowest BCUT2D eigenvalue weighted by Crippen LogP contribution is -2.46. The summed E-state index contributed by atoms with van der Waals surface area (Å²) in [6.45, 7) is -0.728. The Bertz CT molecular complexity index is 1550. The molecule has 1 unspecified atom stereocenters. The van der Waals surface area contributed by atoms with Crippen molar-refractivity contribution < 1.29 is 70.6 Å². The Morgan fingerprint density at radius 1 is 1.33 bits per heavy atom. The van der Waals surface area contributed by atoms with Gasteiger partial charge >= 0.3 is 17.8 Å². The van der Waals surface area contributed by atoms with Crippen molar-refractivity contribution >= 4 is 42.5 Å². The van der Waals surface area contributed by atoms with Gasteiger partial charge in [-0.3, -0.25) is 18.9 Å². The third-order valence-electron chi connectivity index (χ3n) is 5.44. The number of aliphatic hydroxyl groups is 2. The molecular weight excluding hydrogens is 629 g/mol. The number of alkyl halides is 3. The van der Waals surface area contributed by atoms with Crippen LogP contribution in [0.4, 0.5) is 23.5 Å². The van der Waals surface area contributed by atoms with E-state index >= 15 is 0 Å². The fraction of sp³-hybridized carbons (Fsp3) is 0.400. The summed E-state index contributed by atoms with van der Waals surface area (Å²) in [6.07, 6.45) is -9.58. The minimum absolute atomic E-state index is 0.0155. The van der Waals surface area contributed by atoms with Gasteiger partial charge in [0, 0.05) is 6.07 Å². The summed E-state index contributed by atoms with van der Waals surface area (Å²) < 4.78 is 74.2. The summed E-state index contributed by atoms with van der Waals surface area (Å²) in [5.74, 6) is -3.45. The van der Waals surface area contributed by atoms with Crippen LogP contribution in [0.2, 0.25) is 5.02 Å². The maximum atomic E-state index is 13.6. The standard InChI is InChI=1S/C18H20ClFN5O9P.C2HF3O2/c19-9-2-1-8(5-10(9)20)32-4-3-24-7-25(15-12(24)16(28)23-18(21)22-15)17-14(27)13(26)11(34-17)6-33-35(29,30)31;3-2(4,5)1(6)7/h1-2,5,7,11,13-14,17,26-27H,3-4,6H2,(H4-,21,22,23,28,29,30,31);(H,6,7)/t11-,13-,14-,17-;/m1./s1. The Morgan fingerprint density at radius 3 is 2.55 bits per heavy atom. The molecule has 42 heavy (non-hydrogen) atoms. The van der Waals surface area contributed by atoms with Crippen LogP contribution in [-0.4, -0.2) is 78.4 Å². The smallest absolute Gasteiger partial charge is 0.490 e. The van der Waals surface area contributed by atoms with E-state index in [9.17, 15) is 42.0 Å². The number of phosphoric ester groups is 1. The Labute approximate surface area is 235 Å². The number of hydrogen-bond acceptors (Lipinski definition) is 11. The van der Waals surface area contributed by atoms with Crippen molar-refractivity contribution in [2.45, 2.75) is 37.3 Å². The number of anilines is 1. The van der Waals surface area contributed by atoms with Gasteiger partial charge in [-0.15, -0.1) is 0 Å². The topological polar surface area (TPSA) is 246 Å². The van der Waals surface area contributed by atoms with Crippen molar-refractivity contribution in [2.24, 2.45) is 0 Å². The average molecular weight is 650 g/mol. The molecule has 3 aromatic rings. The van der Waals surface area contributed by atoms with E-state index in [0.717, 1.165) is 6.07 Å². The molecule has 2 aromatic heterocycles. The van der Waals surface area contributed by atoms with E-state index < -0.39 is 62.5 Å². The molecule has 1 fully saturated rings. The molecule has 1 aliphatic rings. The molecule has 0 amide bonds. The number of aromatic amines is 1. The van der Waals surface area contributed by atoms with E-state index in [4.69, 9.17) is 41.6 Å². The Kier molecular flexibility index (Phi) is 10.2. The first-order valence-electron chi connectivity index (χ1n) is 11.3. The number of carbonyl (C=O) groups is 1. The zero-order chi connectivity index (χ0) is 31.6. The number of aromatic nitrogens is 4. The number of halogens is 5. The van der Waals surface area contributed by atoms with Crippen LogP contribution < -0.4 is 25.5 Å². The second-order valence-electron chi connectivity index (χ2n) is 8.38. The van der Waals surface area contributed by atoms with Crippen LogP contribution in [-0.2, 0) is 25.2 Å². The quantitative estimate of drug-likeness (QED) is 0.0995. The monoisotopic (exact) mass is 649 g/mol. The number of ether oxygens (including phenoxy) is 2. The molecule has 0 spiro atoms. The summed E-state index contributed by atoms with van der Waals surface area (Å²) in [4.78, 5) is 47.6. The number of carboxylic acids is 1. The number of nitrogens with one attached hydrogen (secondary N) is 1. The van der Waals surface area contributed by atoms with Gasteiger partial charge in [-0.2, -0.15) is 13.2 Å². The van der Waals surface area contributed by atoms with E-state index in [1.54, 1.807) is 0 Å². The van der Waals surface area contributed by atoms with Gasteiger partial charge in [-0.1, -0.05) is 16.6 Å². The molecule has 0 saturated carbocycles. The summed E-state index contributed by atoms with van der Waals surface area (Å²) in [7, 11) is -5.10. The number of nitrogens with zero attached hydrogens (tertiary/aromatic N) is 3. The van der Waals surface area contributed by atoms with Crippen LogP contribution in [0.5, 0.6) is 5.75 Å². The number of carboxylic acid groups (broad SMARTS) is 1. The first-order valence-corrected chi connectivity index (χ1v) is 13.1. The van der Waals surface area contributed by atoms with Gasteiger partial charge in [0.1, 0.15) is 43.0 Å². The molecule has 3 heterocycles. The van der Waals surface area contributed by atoms with Gasteiger partial charge in [-0.25, -0.2) is 13.8 Å². The van der Waals surface area contributed by atoms with Gasteiger partial charge in [0.25, 0.3) is 19.3 Å². The number of imidazole rings is 1. The molecule has 5 atom stereocenters. The van der Waals surface area contributed by atoms with E-state index in [1.165, 1.54) is 27.6 Å². The largest absolute Gasteiger partial charge is 0.756 e. The van der Waals surface area contributed by atoms with E-state index in [1.807, 2.05) is 0 Å². The molecular formula is C20H21ClF4N5O11P.